The molecule has 1 aliphatic rings. The summed E-state index contributed by atoms with van der Waals surface area (Å²) in [6.07, 6.45) is 1.82. The number of hydrogen-bond donors (Lipinski definition) is 1. The molecule has 2 heterocycles. The normalized spacial score (nSPS) is 13.2. The van der Waals surface area contributed by atoms with Crippen LogP contribution < -0.4 is 5.32 Å². The summed E-state index contributed by atoms with van der Waals surface area (Å²) in [5, 5.41) is 14.3. The van der Waals surface area contributed by atoms with Gasteiger partial charge in [0.15, 0.2) is 0 Å². The van der Waals surface area contributed by atoms with E-state index in [1.54, 1.807) is 18.2 Å². The SMILES string of the molecule is O=C1NC(=O)c2c(Cc3ccco3)c1cc1cc([N+](=O)[O-])ccc21. The van der Waals surface area contributed by atoms with Crippen LogP contribution >= 0.6 is 0 Å². The number of hydrogen-bond acceptors (Lipinski definition) is 5. The van der Waals surface area contributed by atoms with Gasteiger partial charge in [-0.25, -0.2) is 0 Å². The van der Waals surface area contributed by atoms with E-state index in [0.717, 1.165) is 0 Å². The van der Waals surface area contributed by atoms with Gasteiger partial charge in [-0.2, -0.15) is 0 Å². The highest BCUT2D eigenvalue weighted by Gasteiger charge is 2.30. The lowest BCUT2D eigenvalue weighted by molar-refractivity contribution is -0.384. The number of nitrogens with zero attached hydrogens (tertiary/aromatic N) is 1. The van der Waals surface area contributed by atoms with Gasteiger partial charge in [0, 0.05) is 24.1 Å². The number of benzene rings is 2. The highest BCUT2D eigenvalue weighted by Crippen LogP contribution is 2.32. The molecule has 0 fully saturated rings. The summed E-state index contributed by atoms with van der Waals surface area (Å²) in [4.78, 5) is 35.0. The Hall–Kier alpha value is -3.48. The van der Waals surface area contributed by atoms with E-state index in [2.05, 4.69) is 5.32 Å². The number of rotatable bonds is 3. The first-order valence-electron chi connectivity index (χ1n) is 7.16. The molecule has 0 atom stereocenters. The molecule has 2 aromatic carbocycles. The Balaban J connectivity index is 2.01. The maximum atomic E-state index is 12.4. The van der Waals surface area contributed by atoms with Gasteiger partial charge in [-0.1, -0.05) is 0 Å². The highest BCUT2D eigenvalue weighted by atomic mass is 16.6. The largest absolute Gasteiger partial charge is 0.469 e. The van der Waals surface area contributed by atoms with Gasteiger partial charge in [0.2, 0.25) is 0 Å². The Morgan fingerprint density at radius 3 is 2.67 bits per heavy atom. The second kappa shape index (κ2) is 5.02. The van der Waals surface area contributed by atoms with E-state index in [1.807, 2.05) is 0 Å². The molecule has 118 valence electrons. The van der Waals surface area contributed by atoms with Crippen molar-refractivity contribution in [1.29, 1.82) is 0 Å². The number of carbonyl (C=O) groups is 2. The third kappa shape index (κ3) is 2.06. The zero-order chi connectivity index (χ0) is 16.8. The van der Waals surface area contributed by atoms with Crippen molar-refractivity contribution in [2.75, 3.05) is 0 Å². The van der Waals surface area contributed by atoms with Crippen molar-refractivity contribution in [2.45, 2.75) is 6.42 Å². The summed E-state index contributed by atoms with van der Waals surface area (Å²) >= 11 is 0. The van der Waals surface area contributed by atoms with Crippen LogP contribution in [0.2, 0.25) is 0 Å². The molecule has 1 N–H and O–H groups in total. The van der Waals surface area contributed by atoms with Gasteiger partial charge >= 0.3 is 0 Å². The zero-order valence-electron chi connectivity index (χ0n) is 12.2. The third-order valence-electron chi connectivity index (χ3n) is 4.07. The van der Waals surface area contributed by atoms with Crippen LogP contribution in [0.3, 0.4) is 0 Å². The van der Waals surface area contributed by atoms with Crippen LogP contribution in [0.15, 0.2) is 47.1 Å². The number of nitro benzene ring substituents is 1. The Bertz CT molecular complexity index is 1020. The van der Waals surface area contributed by atoms with Crippen LogP contribution in [0, 0.1) is 10.1 Å². The maximum Gasteiger partial charge on any atom is 0.270 e. The van der Waals surface area contributed by atoms with Crippen LogP contribution in [0.4, 0.5) is 5.69 Å². The molecular weight excluding hydrogens is 312 g/mol. The molecule has 1 aromatic heterocycles. The van der Waals surface area contributed by atoms with Gasteiger partial charge in [0.05, 0.1) is 16.7 Å². The molecule has 24 heavy (non-hydrogen) atoms. The van der Waals surface area contributed by atoms with E-state index in [1.165, 1.54) is 24.5 Å². The summed E-state index contributed by atoms with van der Waals surface area (Å²) in [5.74, 6) is -0.391. The lowest BCUT2D eigenvalue weighted by Gasteiger charge is -2.21. The number of amides is 2. The van der Waals surface area contributed by atoms with Crippen LogP contribution in [0.5, 0.6) is 0 Å². The molecule has 2 amide bonds. The van der Waals surface area contributed by atoms with Gasteiger partial charge < -0.3 is 4.42 Å². The predicted molar refractivity (Wildman–Crippen MR) is 83.9 cm³/mol. The average molecular weight is 322 g/mol. The minimum atomic E-state index is -0.512. The first-order valence-corrected chi connectivity index (χ1v) is 7.16. The molecule has 4 rings (SSSR count). The fourth-order valence-corrected chi connectivity index (χ4v) is 3.02. The van der Waals surface area contributed by atoms with E-state index in [4.69, 9.17) is 4.42 Å². The van der Waals surface area contributed by atoms with E-state index < -0.39 is 16.7 Å². The molecule has 2 bridgehead atoms. The van der Waals surface area contributed by atoms with Crippen LogP contribution in [-0.2, 0) is 6.42 Å². The second-order valence-electron chi connectivity index (χ2n) is 5.48. The van der Waals surface area contributed by atoms with Gasteiger partial charge in [0.1, 0.15) is 5.76 Å². The first kappa shape index (κ1) is 14.1. The van der Waals surface area contributed by atoms with Gasteiger partial charge in [0.25, 0.3) is 17.5 Å². The van der Waals surface area contributed by atoms with Crippen LogP contribution in [0.1, 0.15) is 32.0 Å². The molecule has 7 heteroatoms. The standard InChI is InChI=1S/C17H10N2O5/c20-16-14-7-9-6-10(19(22)23)3-4-12(9)15(17(21)18-16)13(14)8-11-2-1-5-24-11/h1-7H,8H2,(H,18,20,21). The van der Waals surface area contributed by atoms with Gasteiger partial charge in [-0.3, -0.25) is 25.0 Å². The van der Waals surface area contributed by atoms with Crippen molar-refractivity contribution in [3.63, 3.8) is 0 Å². The molecule has 7 nitrogen and oxygen atoms in total. The summed E-state index contributed by atoms with van der Waals surface area (Å²) in [6, 6.07) is 9.31. The molecule has 3 aromatic rings. The minimum Gasteiger partial charge on any atom is -0.469 e. The molecule has 0 aliphatic carbocycles. The van der Waals surface area contributed by atoms with E-state index >= 15 is 0 Å². The number of nitro groups is 1. The van der Waals surface area contributed by atoms with Crippen molar-refractivity contribution in [1.82, 2.24) is 5.32 Å². The monoisotopic (exact) mass is 322 g/mol. The Morgan fingerprint density at radius 2 is 1.96 bits per heavy atom. The van der Waals surface area contributed by atoms with Gasteiger partial charge in [-0.05, 0) is 40.6 Å². The smallest absolute Gasteiger partial charge is 0.270 e. The summed E-state index contributed by atoms with van der Waals surface area (Å²) in [6.45, 7) is 0. The number of fused-ring (bicyclic) bond motifs is 4. The van der Waals surface area contributed by atoms with Crippen LogP contribution in [-0.4, -0.2) is 16.7 Å². The van der Waals surface area contributed by atoms with Crippen LogP contribution in [0.25, 0.3) is 10.8 Å². The molecular formula is C17H10N2O5. The molecule has 1 aliphatic heterocycles. The third-order valence-corrected chi connectivity index (χ3v) is 4.07. The van der Waals surface area contributed by atoms with E-state index in [-0.39, 0.29) is 5.69 Å². The summed E-state index contributed by atoms with van der Waals surface area (Å²) in [7, 11) is 0. The van der Waals surface area contributed by atoms with Crippen molar-refractivity contribution in [3.8, 4) is 0 Å². The fraction of sp³-hybridized carbons (Fsp3) is 0.0588. The Labute approximate surface area is 135 Å². The molecule has 0 unspecified atom stereocenters. The molecule has 0 spiro atoms. The zero-order valence-corrected chi connectivity index (χ0v) is 12.2. The Morgan fingerprint density at radius 1 is 1.12 bits per heavy atom. The van der Waals surface area contributed by atoms with Crippen molar-refractivity contribution in [3.05, 3.63) is 75.2 Å². The summed E-state index contributed by atoms with van der Waals surface area (Å²) in [5.41, 5.74) is 1.16. The quantitative estimate of drug-likeness (QED) is 0.454. The lowest BCUT2D eigenvalue weighted by Crippen LogP contribution is -2.37. The highest BCUT2D eigenvalue weighted by molar-refractivity contribution is 6.22. The van der Waals surface area contributed by atoms with E-state index in [9.17, 15) is 19.7 Å². The average Bonchev–Trinajstić information content (AvgIpc) is 3.04. The lowest BCUT2D eigenvalue weighted by atomic mass is 9.88. The van der Waals surface area contributed by atoms with E-state index in [0.29, 0.717) is 39.6 Å². The van der Waals surface area contributed by atoms with Crippen molar-refractivity contribution >= 4 is 28.3 Å². The molecule has 0 saturated carbocycles. The van der Waals surface area contributed by atoms with Crippen molar-refractivity contribution in [2.24, 2.45) is 0 Å². The second-order valence-corrected chi connectivity index (χ2v) is 5.48. The molecule has 0 saturated heterocycles. The number of carbonyl (C=O) groups excluding carboxylic acids is 2. The number of nitrogens with one attached hydrogen (secondary N) is 1. The topological polar surface area (TPSA) is 102 Å². The number of imide groups is 1. The number of non-ortho nitro benzene ring substituents is 1. The predicted octanol–water partition coefficient (Wildman–Crippen LogP) is 2.82. The number of furan rings is 1. The maximum absolute atomic E-state index is 12.4. The molecule has 0 radical (unpaired) electrons. The minimum absolute atomic E-state index is 0.0911. The fourth-order valence-electron chi connectivity index (χ4n) is 3.02. The van der Waals surface area contributed by atoms with Gasteiger partial charge in [-0.15, -0.1) is 0 Å². The van der Waals surface area contributed by atoms with Crippen molar-refractivity contribution < 1.29 is 18.9 Å². The Kier molecular flexibility index (Phi) is 2.96. The first-order chi connectivity index (χ1) is 11.5. The summed E-state index contributed by atoms with van der Waals surface area (Å²) < 4.78 is 5.32.